The summed E-state index contributed by atoms with van der Waals surface area (Å²) in [6, 6.07) is 78.4. The van der Waals surface area contributed by atoms with Crippen LogP contribution >= 0.6 is 22.7 Å². The molecule has 8 aromatic carbocycles. The third kappa shape index (κ3) is 7.57. The average molecular weight is 957 g/mol. The molecule has 0 amide bonds. The fraction of sp³-hybridized carbons (Fsp3) is 0.0323. The van der Waals surface area contributed by atoms with E-state index in [0.717, 1.165) is 92.0 Å². The number of para-hydroxylation sites is 2. The third-order valence-corrected chi connectivity index (χ3v) is 15.7. The topological polar surface area (TPSA) is 63.8 Å². The van der Waals surface area contributed by atoms with E-state index in [0.29, 0.717) is 26.6 Å². The Morgan fingerprint density at radius 2 is 0.833 bits per heavy atom. The first-order valence-corrected chi connectivity index (χ1v) is 25.5. The summed E-state index contributed by atoms with van der Waals surface area (Å²) < 4.78 is 6.81. The number of thiazole rings is 2. The summed E-state index contributed by atoms with van der Waals surface area (Å²) in [4.78, 5) is 15.2. The molecule has 12 rings (SSSR count). The lowest BCUT2D eigenvalue weighted by Gasteiger charge is -2.25. The molecule has 0 aliphatic rings. The van der Waals surface area contributed by atoms with E-state index in [4.69, 9.17) is 9.97 Å². The van der Waals surface area contributed by atoms with Crippen LogP contribution in [0.15, 0.2) is 218 Å². The summed E-state index contributed by atoms with van der Waals surface area (Å²) in [5.41, 5.74) is 12.5. The molecule has 0 radical (unpaired) electrons. The first-order chi connectivity index (χ1) is 35.5. The Hall–Kier alpha value is -8.79. The zero-order valence-electron chi connectivity index (χ0n) is 39.4. The summed E-state index contributed by atoms with van der Waals surface area (Å²) in [7, 11) is 0. The Labute approximate surface area is 426 Å². The Bertz CT molecular complexity index is 3800. The number of aryl methyl sites for hydroxylation is 2. The molecule has 10 heteroatoms. The summed E-state index contributed by atoms with van der Waals surface area (Å²) in [6.45, 7) is 12.9. The molecule has 0 aliphatic carbocycles. The minimum atomic E-state index is -0.453. The molecule has 6 nitrogen and oxygen atoms in total. The van der Waals surface area contributed by atoms with Crippen LogP contribution in [0.5, 0.6) is 0 Å². The molecule has 0 N–H and O–H groups in total. The zero-order valence-corrected chi connectivity index (χ0v) is 41.1. The number of rotatable bonds is 10. The summed E-state index contributed by atoms with van der Waals surface area (Å²) in [5, 5.41) is 16.5. The first kappa shape index (κ1) is 44.4. The van der Waals surface area contributed by atoms with Gasteiger partial charge in [0.05, 0.1) is 32.4 Å². The van der Waals surface area contributed by atoms with Crippen LogP contribution in [-0.2, 0) is 0 Å². The number of nitrogens with zero attached hydrogens (tertiary/aromatic N) is 6. The van der Waals surface area contributed by atoms with Crippen molar-refractivity contribution < 1.29 is 0 Å². The normalized spacial score (nSPS) is 12.2. The van der Waals surface area contributed by atoms with Crippen molar-refractivity contribution >= 4 is 101 Å². The van der Waals surface area contributed by atoms with Crippen molar-refractivity contribution in [1.29, 1.82) is 5.26 Å². The largest absolute Gasteiger partial charge is 0.384 e. The van der Waals surface area contributed by atoms with Gasteiger partial charge in [-0.2, -0.15) is 5.26 Å². The maximum absolute atomic E-state index is 12.2. The van der Waals surface area contributed by atoms with Crippen molar-refractivity contribution in [1.82, 2.24) is 18.9 Å². The number of fused-ring (bicyclic) bond motifs is 3. The lowest BCUT2D eigenvalue weighted by Crippen LogP contribution is -2.54. The Kier molecular flexibility index (Phi) is 11.6. The van der Waals surface area contributed by atoms with E-state index in [1.165, 1.54) is 22.7 Å². The number of benzene rings is 8. The first-order valence-electron chi connectivity index (χ1n) is 23.9. The van der Waals surface area contributed by atoms with Crippen LogP contribution < -0.4 is 32.5 Å². The molecule has 4 heterocycles. The molecule has 338 valence electrons. The molecule has 0 aliphatic heterocycles. The van der Waals surface area contributed by atoms with E-state index < -0.39 is 13.7 Å². The van der Waals surface area contributed by atoms with Gasteiger partial charge in [0, 0.05) is 38.6 Å². The lowest BCUT2D eigenvalue weighted by atomic mass is 9.50. The molecule has 0 unspecified atom stereocenters. The second kappa shape index (κ2) is 18.8. The minimum absolute atomic E-state index is 0.422. The van der Waals surface area contributed by atoms with Gasteiger partial charge in [0.1, 0.15) is 21.7 Å². The van der Waals surface area contributed by atoms with E-state index >= 15 is 0 Å². The van der Waals surface area contributed by atoms with Crippen molar-refractivity contribution in [3.8, 4) is 28.6 Å². The molecule has 0 atom stereocenters. The molecule has 4 aromatic heterocycles. The van der Waals surface area contributed by atoms with E-state index in [2.05, 4.69) is 216 Å². The second-order valence-corrected chi connectivity index (χ2v) is 19.9. The Balaban J connectivity index is 1.47. The maximum Gasteiger partial charge on any atom is 0.328 e. The van der Waals surface area contributed by atoms with Gasteiger partial charge in [-0.05, 0) is 49.2 Å². The summed E-state index contributed by atoms with van der Waals surface area (Å²) in [6.07, 6.45) is 0. The highest BCUT2D eigenvalue weighted by Gasteiger charge is 2.38. The van der Waals surface area contributed by atoms with Gasteiger partial charge in [0.25, 0.3) is 0 Å². The van der Waals surface area contributed by atoms with Gasteiger partial charge < -0.3 is 8.96 Å². The predicted octanol–water partition coefficient (Wildman–Crippen LogP) is 10.7. The molecule has 12 aromatic rings. The highest BCUT2D eigenvalue weighted by Crippen LogP contribution is 2.39. The van der Waals surface area contributed by atoms with Crippen LogP contribution in [-0.4, -0.2) is 32.6 Å². The molecule has 0 fully saturated rings. The molecule has 0 bridgehead atoms. The SMILES string of the molecule is [C-]#[N+]/C(c1nc2ccccc2s1)=c1\c2c(-c3ccccc3C)n(B(c3ccccc3)c3ccccc3)/c(=C(/C#N)c3nc4ccccc4s3)c2c(-c2ccccc2C)n1B(c1ccccc1)c1ccccc1. The molecule has 0 saturated heterocycles. The van der Waals surface area contributed by atoms with E-state index in [9.17, 15) is 11.8 Å². The highest BCUT2D eigenvalue weighted by atomic mass is 32.1. The smallest absolute Gasteiger partial charge is 0.328 e. The maximum atomic E-state index is 12.2. The molecular formula is C62H42B2N6S2. The quantitative estimate of drug-likeness (QED) is 0.101. The zero-order chi connectivity index (χ0) is 48.7. The minimum Gasteiger partial charge on any atom is -0.384 e. The second-order valence-electron chi connectivity index (χ2n) is 17.9. The van der Waals surface area contributed by atoms with Crippen LogP contribution in [0.1, 0.15) is 21.1 Å². The number of hydrogen-bond acceptors (Lipinski definition) is 5. The van der Waals surface area contributed by atoms with Crippen LogP contribution in [0.2, 0.25) is 0 Å². The fourth-order valence-electron chi connectivity index (χ4n) is 10.5. The van der Waals surface area contributed by atoms with Crippen LogP contribution in [0.3, 0.4) is 0 Å². The van der Waals surface area contributed by atoms with Gasteiger partial charge in [-0.3, -0.25) is 0 Å². The van der Waals surface area contributed by atoms with E-state index in [-0.39, 0.29) is 0 Å². The lowest BCUT2D eigenvalue weighted by molar-refractivity contribution is 1.12. The van der Waals surface area contributed by atoms with E-state index in [1.807, 2.05) is 36.4 Å². The monoisotopic (exact) mass is 956 g/mol. The predicted molar refractivity (Wildman–Crippen MR) is 303 cm³/mol. The van der Waals surface area contributed by atoms with Gasteiger partial charge in [0.2, 0.25) is 5.70 Å². The highest BCUT2D eigenvalue weighted by molar-refractivity contribution is 7.20. The van der Waals surface area contributed by atoms with Gasteiger partial charge in [-0.1, -0.05) is 216 Å². The van der Waals surface area contributed by atoms with Crippen molar-refractivity contribution in [2.24, 2.45) is 0 Å². The van der Waals surface area contributed by atoms with Gasteiger partial charge >= 0.3 is 13.7 Å². The summed E-state index contributed by atoms with van der Waals surface area (Å²) >= 11 is 3.06. The molecule has 72 heavy (non-hydrogen) atoms. The molecular weight excluding hydrogens is 914 g/mol. The fourth-order valence-corrected chi connectivity index (χ4v) is 12.4. The van der Waals surface area contributed by atoms with Crippen molar-refractivity contribution in [2.45, 2.75) is 13.8 Å². The van der Waals surface area contributed by atoms with Crippen LogP contribution in [0.4, 0.5) is 0 Å². The van der Waals surface area contributed by atoms with Gasteiger partial charge in [-0.25, -0.2) is 14.8 Å². The van der Waals surface area contributed by atoms with E-state index in [1.54, 1.807) is 0 Å². The third-order valence-electron chi connectivity index (χ3n) is 13.6. The van der Waals surface area contributed by atoms with Gasteiger partial charge in [0.15, 0.2) is 0 Å². The van der Waals surface area contributed by atoms with Crippen molar-refractivity contribution in [2.75, 3.05) is 0 Å². The number of aromatic nitrogens is 4. The van der Waals surface area contributed by atoms with Crippen LogP contribution in [0.25, 0.3) is 69.8 Å². The standard InChI is InChI=1S/C62H42B2N6S2/c1-41-24-16-18-34-47(41)57-54-55(60(56(66-3)62-68-51-37-21-23-39-53(51)72-62)70(57)64(45-30-12-6-13-31-45)46-32-14-7-15-33-46)58(48-35-19-17-25-42(48)2)69(63(43-26-8-4-9-27-43)44-28-10-5-11-29-44)59(54)49(40-65)61-67-50-36-20-22-38-52(50)71-61/h4-39H,1-2H3/b59-49-,60-56+. The Morgan fingerprint density at radius 3 is 1.25 bits per heavy atom. The van der Waals surface area contributed by atoms with Gasteiger partial charge in [-0.15, -0.1) is 22.7 Å². The molecule has 0 spiro atoms. The van der Waals surface area contributed by atoms with Crippen LogP contribution in [0, 0.1) is 31.8 Å². The Morgan fingerprint density at radius 1 is 0.472 bits per heavy atom. The number of hydrogen-bond donors (Lipinski definition) is 0. The summed E-state index contributed by atoms with van der Waals surface area (Å²) in [5.74, 6) is 0. The number of nitriles is 1. The average Bonchev–Trinajstić information content (AvgIpc) is 4.21. The van der Waals surface area contributed by atoms with Crippen molar-refractivity contribution in [3.63, 3.8) is 0 Å². The molecule has 0 saturated carbocycles. The van der Waals surface area contributed by atoms with Crippen molar-refractivity contribution in [3.05, 3.63) is 262 Å².